The van der Waals surface area contributed by atoms with Crippen molar-refractivity contribution in [3.63, 3.8) is 0 Å². The van der Waals surface area contributed by atoms with Crippen molar-refractivity contribution in [2.45, 2.75) is 88.1 Å². The smallest absolute Gasteiger partial charge is 0.216 e. The van der Waals surface area contributed by atoms with Crippen molar-refractivity contribution in [1.82, 2.24) is 9.62 Å². The Kier molecular flexibility index (Phi) is 6.96. The molecule has 2 atom stereocenters. The van der Waals surface area contributed by atoms with E-state index in [1.165, 1.54) is 5.56 Å². The predicted molar refractivity (Wildman–Crippen MR) is 123 cm³/mol. The van der Waals surface area contributed by atoms with Crippen LogP contribution in [0.25, 0.3) is 0 Å². The summed E-state index contributed by atoms with van der Waals surface area (Å²) in [7, 11) is -3.42. The zero-order chi connectivity index (χ0) is 22.1. The third-order valence-corrected chi connectivity index (χ3v) is 9.40. The second-order valence-electron chi connectivity index (χ2n) is 10.3. The van der Waals surface area contributed by atoms with E-state index in [1.54, 1.807) is 20.8 Å². The Morgan fingerprint density at radius 1 is 1.03 bits per heavy atom. The topological polar surface area (TPSA) is 67.9 Å². The van der Waals surface area contributed by atoms with E-state index in [2.05, 4.69) is 27.8 Å². The van der Waals surface area contributed by atoms with Crippen molar-refractivity contribution in [3.8, 4) is 5.75 Å². The van der Waals surface area contributed by atoms with E-state index in [-0.39, 0.29) is 18.2 Å². The van der Waals surface area contributed by atoms with Crippen LogP contribution in [-0.2, 0) is 14.8 Å². The Morgan fingerprint density at radius 3 is 2.52 bits per heavy atom. The van der Waals surface area contributed by atoms with E-state index in [0.29, 0.717) is 19.1 Å². The number of piperidine rings is 1. The summed E-state index contributed by atoms with van der Waals surface area (Å²) >= 11 is 0. The average Bonchev–Trinajstić information content (AvgIpc) is 2.74. The van der Waals surface area contributed by atoms with Crippen LogP contribution in [-0.4, -0.2) is 62.6 Å². The first-order valence-corrected chi connectivity index (χ1v) is 13.3. The van der Waals surface area contributed by atoms with Gasteiger partial charge in [-0.05, 0) is 83.4 Å². The largest absolute Gasteiger partial charge is 0.492 e. The maximum Gasteiger partial charge on any atom is 0.216 e. The summed E-state index contributed by atoms with van der Waals surface area (Å²) in [5.41, 5.74) is 1.33. The third-order valence-electron chi connectivity index (χ3n) is 7.18. The fourth-order valence-electron chi connectivity index (χ4n) is 5.14. The van der Waals surface area contributed by atoms with Gasteiger partial charge in [0, 0.05) is 18.6 Å². The van der Waals surface area contributed by atoms with Crippen molar-refractivity contribution in [2.24, 2.45) is 0 Å². The summed E-state index contributed by atoms with van der Waals surface area (Å²) in [4.78, 5) is 2.37. The Morgan fingerprint density at radius 2 is 1.77 bits per heavy atom. The first kappa shape index (κ1) is 23.0. The summed E-state index contributed by atoms with van der Waals surface area (Å²) in [6.45, 7) is 8.13. The van der Waals surface area contributed by atoms with E-state index in [1.807, 2.05) is 6.07 Å². The molecule has 0 radical (unpaired) electrons. The summed E-state index contributed by atoms with van der Waals surface area (Å²) in [5.74, 6) is 1.54. The zero-order valence-corrected chi connectivity index (χ0v) is 20.0. The highest BCUT2D eigenvalue weighted by atomic mass is 32.2. The molecule has 7 heteroatoms. The van der Waals surface area contributed by atoms with Gasteiger partial charge in [-0.1, -0.05) is 18.2 Å². The van der Waals surface area contributed by atoms with E-state index in [0.717, 1.165) is 57.4 Å². The van der Waals surface area contributed by atoms with Crippen LogP contribution in [0.2, 0.25) is 0 Å². The lowest BCUT2D eigenvalue weighted by Crippen LogP contribution is -2.59. The van der Waals surface area contributed by atoms with Crippen LogP contribution in [0.5, 0.6) is 5.75 Å². The number of rotatable bonds is 2. The van der Waals surface area contributed by atoms with Gasteiger partial charge in [0.25, 0.3) is 0 Å². The number of fused-ring (bicyclic) bond motifs is 5. The first-order chi connectivity index (χ1) is 14.7. The number of nitrogens with zero attached hydrogens (tertiary/aromatic N) is 1. The quantitative estimate of drug-likeness (QED) is 0.745. The van der Waals surface area contributed by atoms with E-state index >= 15 is 0 Å². The van der Waals surface area contributed by atoms with Gasteiger partial charge in [0.1, 0.15) is 12.4 Å². The Labute approximate surface area is 187 Å². The monoisotopic (exact) mass is 450 g/mol. The molecule has 2 bridgehead atoms. The molecule has 1 saturated heterocycles. The number of nitrogens with one attached hydrogen (secondary N) is 1. The molecule has 1 aromatic rings. The van der Waals surface area contributed by atoms with E-state index < -0.39 is 14.8 Å². The van der Waals surface area contributed by atoms with E-state index in [9.17, 15) is 8.42 Å². The highest BCUT2D eigenvalue weighted by Crippen LogP contribution is 2.38. The normalized spacial score (nSPS) is 30.8. The van der Waals surface area contributed by atoms with Gasteiger partial charge >= 0.3 is 0 Å². The van der Waals surface area contributed by atoms with Gasteiger partial charge in [0.15, 0.2) is 0 Å². The number of benzene rings is 1. The van der Waals surface area contributed by atoms with E-state index in [4.69, 9.17) is 9.47 Å². The van der Waals surface area contributed by atoms with Crippen molar-refractivity contribution >= 4 is 10.0 Å². The number of para-hydroxylation sites is 1. The fourth-order valence-corrected chi connectivity index (χ4v) is 6.16. The standard InChI is InChI=1S/C24H38N2O4S/c1-24(2,3)31(27,28)25-21-8-6-14-26-15-16-29-23-9-5-4-7-20(23)18-10-12-19(13-11-18)30-17-22(21)26/h4-5,7,9,18-19,21-22,25H,6,8,10-17H2,1-3H3/t18?,19?,21-,22?/m0/s1. The molecule has 0 amide bonds. The summed E-state index contributed by atoms with van der Waals surface area (Å²) < 4.78 is 40.7. The molecular weight excluding hydrogens is 412 g/mol. The molecule has 0 spiro atoms. The molecule has 1 aliphatic carbocycles. The highest BCUT2D eigenvalue weighted by Gasteiger charge is 2.38. The number of ether oxygens (including phenoxy) is 2. The lowest BCUT2D eigenvalue weighted by Gasteiger charge is -2.42. The molecule has 0 aromatic heterocycles. The first-order valence-electron chi connectivity index (χ1n) is 11.8. The van der Waals surface area contributed by atoms with Crippen molar-refractivity contribution in [1.29, 1.82) is 0 Å². The SMILES string of the molecule is CC(C)(C)S(=O)(=O)N[C@H]1CCCN2CCOc3ccccc3C3CCC(CC3)OCC12. The fraction of sp³-hybridized carbons (Fsp3) is 0.750. The maximum absolute atomic E-state index is 12.9. The zero-order valence-electron chi connectivity index (χ0n) is 19.2. The summed E-state index contributed by atoms with van der Waals surface area (Å²) in [6.07, 6.45) is 6.38. The van der Waals surface area contributed by atoms with Crippen molar-refractivity contribution < 1.29 is 17.9 Å². The maximum atomic E-state index is 12.9. The minimum absolute atomic E-state index is 0.0307. The van der Waals surface area contributed by atoms with Crippen LogP contribution in [0.4, 0.5) is 0 Å². The number of hydrogen-bond donors (Lipinski definition) is 1. The second-order valence-corrected chi connectivity index (χ2v) is 12.7. The van der Waals surface area contributed by atoms with Crippen LogP contribution in [0.15, 0.2) is 24.3 Å². The molecule has 3 aliphatic heterocycles. The molecule has 6 nitrogen and oxygen atoms in total. The van der Waals surface area contributed by atoms with Gasteiger partial charge in [0.05, 0.1) is 17.5 Å². The lowest BCUT2D eigenvalue weighted by atomic mass is 9.82. The Balaban J connectivity index is 1.55. The van der Waals surface area contributed by atoms with Gasteiger partial charge in [-0.3, -0.25) is 4.90 Å². The minimum Gasteiger partial charge on any atom is -0.492 e. The van der Waals surface area contributed by atoms with Crippen molar-refractivity contribution in [2.75, 3.05) is 26.3 Å². The van der Waals surface area contributed by atoms with Gasteiger partial charge in [-0.15, -0.1) is 0 Å². The molecule has 1 unspecified atom stereocenters. The van der Waals surface area contributed by atoms with Crippen LogP contribution >= 0.6 is 0 Å². The van der Waals surface area contributed by atoms with Crippen LogP contribution in [0.1, 0.15) is 70.8 Å². The van der Waals surface area contributed by atoms with Gasteiger partial charge in [0.2, 0.25) is 10.0 Å². The molecule has 2 fully saturated rings. The van der Waals surface area contributed by atoms with Crippen molar-refractivity contribution in [3.05, 3.63) is 29.8 Å². The molecule has 1 aromatic carbocycles. The minimum atomic E-state index is -3.42. The molecule has 174 valence electrons. The van der Waals surface area contributed by atoms with Crippen LogP contribution in [0, 0.1) is 0 Å². The molecule has 3 heterocycles. The Bertz CT molecular complexity index is 843. The van der Waals surface area contributed by atoms with Gasteiger partial charge < -0.3 is 9.47 Å². The molecule has 1 N–H and O–H groups in total. The van der Waals surface area contributed by atoms with Gasteiger partial charge in [-0.25, -0.2) is 13.1 Å². The second kappa shape index (κ2) is 9.38. The molecule has 1 saturated carbocycles. The lowest BCUT2D eigenvalue weighted by molar-refractivity contribution is -0.0285. The summed E-state index contributed by atoms with van der Waals surface area (Å²) in [6, 6.07) is 8.35. The molecular formula is C24H38N2O4S. The van der Waals surface area contributed by atoms with Crippen LogP contribution < -0.4 is 9.46 Å². The average molecular weight is 451 g/mol. The Hall–Kier alpha value is -1.15. The van der Waals surface area contributed by atoms with Gasteiger partial charge in [-0.2, -0.15) is 0 Å². The molecule has 31 heavy (non-hydrogen) atoms. The highest BCUT2D eigenvalue weighted by molar-refractivity contribution is 7.90. The molecule has 4 aliphatic rings. The predicted octanol–water partition coefficient (Wildman–Crippen LogP) is 3.67. The number of sulfonamides is 1. The summed E-state index contributed by atoms with van der Waals surface area (Å²) in [5, 5.41) is 0. The number of hydrogen-bond acceptors (Lipinski definition) is 5. The molecule has 5 rings (SSSR count). The third kappa shape index (κ3) is 5.27. The van der Waals surface area contributed by atoms with Crippen LogP contribution in [0.3, 0.4) is 0 Å².